The van der Waals surface area contributed by atoms with Gasteiger partial charge in [-0.3, -0.25) is 14.2 Å². The second kappa shape index (κ2) is 5.64. The van der Waals surface area contributed by atoms with Gasteiger partial charge < -0.3 is 9.73 Å². The van der Waals surface area contributed by atoms with Crippen molar-refractivity contribution >= 4 is 17.7 Å². The highest BCUT2D eigenvalue weighted by Crippen LogP contribution is 2.22. The number of furan rings is 1. The molecule has 1 aliphatic heterocycles. The summed E-state index contributed by atoms with van der Waals surface area (Å²) in [6.45, 7) is 6.18. The van der Waals surface area contributed by atoms with Crippen LogP contribution in [0.1, 0.15) is 40.4 Å². The summed E-state index contributed by atoms with van der Waals surface area (Å²) in [5.41, 5.74) is 0.714. The SMILES string of the molecule is Cc1cc(C(C)NC(=O)c2cnc3n(c2=O)CCS3)c(C)o1. The van der Waals surface area contributed by atoms with E-state index in [1.807, 2.05) is 26.8 Å². The molecule has 22 heavy (non-hydrogen) atoms. The molecule has 0 saturated carbocycles. The molecule has 0 radical (unpaired) electrons. The molecular formula is C15H17N3O3S. The zero-order valence-corrected chi connectivity index (χ0v) is 13.5. The van der Waals surface area contributed by atoms with Gasteiger partial charge in [0.25, 0.3) is 11.5 Å². The van der Waals surface area contributed by atoms with Crippen molar-refractivity contribution in [2.24, 2.45) is 0 Å². The number of aryl methyl sites for hydroxylation is 2. The maximum Gasteiger partial charge on any atom is 0.267 e. The zero-order chi connectivity index (χ0) is 15.9. The summed E-state index contributed by atoms with van der Waals surface area (Å²) in [5.74, 6) is 1.97. The lowest BCUT2D eigenvalue weighted by Crippen LogP contribution is -2.34. The van der Waals surface area contributed by atoms with Crippen LogP contribution in [0.15, 0.2) is 26.6 Å². The number of rotatable bonds is 3. The first kappa shape index (κ1) is 14.9. The molecule has 7 heteroatoms. The van der Waals surface area contributed by atoms with Gasteiger partial charge in [-0.05, 0) is 26.8 Å². The maximum absolute atomic E-state index is 12.4. The lowest BCUT2D eigenvalue weighted by atomic mass is 10.1. The normalized spacial score (nSPS) is 14.7. The Morgan fingerprint density at radius 2 is 2.27 bits per heavy atom. The van der Waals surface area contributed by atoms with Gasteiger partial charge in [0.2, 0.25) is 0 Å². The molecule has 1 atom stereocenters. The first-order valence-corrected chi connectivity index (χ1v) is 8.06. The van der Waals surface area contributed by atoms with E-state index in [9.17, 15) is 9.59 Å². The fourth-order valence-electron chi connectivity index (χ4n) is 2.61. The fraction of sp³-hybridized carbons (Fsp3) is 0.400. The number of nitrogens with zero attached hydrogens (tertiary/aromatic N) is 2. The summed E-state index contributed by atoms with van der Waals surface area (Å²) >= 11 is 1.53. The second-order valence-electron chi connectivity index (χ2n) is 5.32. The Hall–Kier alpha value is -2.02. The molecule has 6 nitrogen and oxygen atoms in total. The van der Waals surface area contributed by atoms with Gasteiger partial charge in [0.15, 0.2) is 5.16 Å². The molecule has 3 heterocycles. The summed E-state index contributed by atoms with van der Waals surface area (Å²) in [7, 11) is 0. The molecule has 0 aliphatic carbocycles. The van der Waals surface area contributed by atoms with Crippen LogP contribution in [0.25, 0.3) is 0 Å². The molecule has 1 amide bonds. The number of nitrogens with one attached hydrogen (secondary N) is 1. The van der Waals surface area contributed by atoms with E-state index in [4.69, 9.17) is 4.42 Å². The molecule has 0 bridgehead atoms. The van der Waals surface area contributed by atoms with Crippen LogP contribution in [0.5, 0.6) is 0 Å². The van der Waals surface area contributed by atoms with Gasteiger partial charge in [-0.25, -0.2) is 4.98 Å². The molecule has 1 unspecified atom stereocenters. The van der Waals surface area contributed by atoms with Gasteiger partial charge in [-0.15, -0.1) is 0 Å². The molecule has 2 aromatic heterocycles. The number of fused-ring (bicyclic) bond motifs is 1. The van der Waals surface area contributed by atoms with Crippen molar-refractivity contribution in [2.45, 2.75) is 38.5 Å². The quantitative estimate of drug-likeness (QED) is 0.876. The summed E-state index contributed by atoms with van der Waals surface area (Å²) in [4.78, 5) is 28.9. The van der Waals surface area contributed by atoms with Crippen LogP contribution in [0.3, 0.4) is 0 Å². The van der Waals surface area contributed by atoms with Crippen LogP contribution < -0.4 is 10.9 Å². The smallest absolute Gasteiger partial charge is 0.267 e. The van der Waals surface area contributed by atoms with Gasteiger partial charge in [0.1, 0.15) is 17.1 Å². The van der Waals surface area contributed by atoms with Crippen molar-refractivity contribution in [2.75, 3.05) is 5.75 Å². The molecule has 0 aromatic carbocycles. The van der Waals surface area contributed by atoms with E-state index in [-0.39, 0.29) is 17.2 Å². The highest BCUT2D eigenvalue weighted by molar-refractivity contribution is 7.99. The van der Waals surface area contributed by atoms with Crippen molar-refractivity contribution in [3.63, 3.8) is 0 Å². The first-order valence-electron chi connectivity index (χ1n) is 7.08. The summed E-state index contributed by atoms with van der Waals surface area (Å²) in [5, 5.41) is 3.52. The van der Waals surface area contributed by atoms with Gasteiger partial charge in [0.05, 0.1) is 6.04 Å². The van der Waals surface area contributed by atoms with Crippen LogP contribution in [0.4, 0.5) is 0 Å². The van der Waals surface area contributed by atoms with E-state index in [0.717, 1.165) is 22.8 Å². The van der Waals surface area contributed by atoms with Gasteiger partial charge in [-0.2, -0.15) is 0 Å². The molecule has 1 aliphatic rings. The highest BCUT2D eigenvalue weighted by atomic mass is 32.2. The molecule has 0 saturated heterocycles. The summed E-state index contributed by atoms with van der Waals surface area (Å²) in [6, 6.07) is 1.65. The monoisotopic (exact) mass is 319 g/mol. The molecule has 116 valence electrons. The Balaban J connectivity index is 1.83. The molecule has 1 N–H and O–H groups in total. The third-order valence-corrected chi connectivity index (χ3v) is 4.67. The Labute approximate surface area is 131 Å². The van der Waals surface area contributed by atoms with E-state index in [1.165, 1.54) is 18.0 Å². The first-order chi connectivity index (χ1) is 10.5. The van der Waals surface area contributed by atoms with Gasteiger partial charge in [0, 0.05) is 24.1 Å². The van der Waals surface area contributed by atoms with E-state index >= 15 is 0 Å². The molecule has 2 aromatic rings. The average molecular weight is 319 g/mol. The predicted molar refractivity (Wildman–Crippen MR) is 83.3 cm³/mol. The highest BCUT2D eigenvalue weighted by Gasteiger charge is 2.22. The third kappa shape index (κ3) is 2.56. The van der Waals surface area contributed by atoms with E-state index in [1.54, 1.807) is 4.57 Å². The van der Waals surface area contributed by atoms with Crippen LogP contribution >= 0.6 is 11.8 Å². The molecule has 0 fully saturated rings. The van der Waals surface area contributed by atoms with Gasteiger partial charge in [-0.1, -0.05) is 11.8 Å². The Morgan fingerprint density at radius 1 is 1.50 bits per heavy atom. The zero-order valence-electron chi connectivity index (χ0n) is 12.7. The van der Waals surface area contributed by atoms with E-state index in [2.05, 4.69) is 10.3 Å². The second-order valence-corrected chi connectivity index (χ2v) is 6.39. The number of amides is 1. The minimum absolute atomic E-state index is 0.0796. The molecule has 3 rings (SSSR count). The number of hydrogen-bond acceptors (Lipinski definition) is 5. The van der Waals surface area contributed by atoms with Crippen molar-refractivity contribution in [3.8, 4) is 0 Å². The molecule has 0 spiro atoms. The van der Waals surface area contributed by atoms with Crippen molar-refractivity contribution in [3.05, 3.63) is 45.3 Å². The third-order valence-electron chi connectivity index (χ3n) is 3.69. The predicted octanol–water partition coefficient (Wildman–Crippen LogP) is 2.05. The summed E-state index contributed by atoms with van der Waals surface area (Å²) in [6.07, 6.45) is 1.36. The van der Waals surface area contributed by atoms with Crippen LogP contribution in [-0.4, -0.2) is 21.2 Å². The van der Waals surface area contributed by atoms with Crippen LogP contribution in [-0.2, 0) is 6.54 Å². The Kier molecular flexibility index (Phi) is 3.82. The average Bonchev–Trinajstić information content (AvgIpc) is 3.05. The van der Waals surface area contributed by atoms with Gasteiger partial charge >= 0.3 is 0 Å². The largest absolute Gasteiger partial charge is 0.466 e. The number of thioether (sulfide) groups is 1. The van der Waals surface area contributed by atoms with Crippen molar-refractivity contribution < 1.29 is 9.21 Å². The fourth-order valence-corrected chi connectivity index (χ4v) is 3.52. The summed E-state index contributed by atoms with van der Waals surface area (Å²) < 4.78 is 7.03. The maximum atomic E-state index is 12.4. The Morgan fingerprint density at radius 3 is 2.95 bits per heavy atom. The van der Waals surface area contributed by atoms with E-state index in [0.29, 0.717) is 11.7 Å². The minimum Gasteiger partial charge on any atom is -0.466 e. The number of carbonyl (C=O) groups excluding carboxylic acids is 1. The number of hydrogen-bond donors (Lipinski definition) is 1. The van der Waals surface area contributed by atoms with Crippen molar-refractivity contribution in [1.29, 1.82) is 0 Å². The minimum atomic E-state index is -0.407. The van der Waals surface area contributed by atoms with E-state index < -0.39 is 5.91 Å². The standard InChI is InChI=1S/C15H17N3O3S/c1-8-6-11(10(3)21-8)9(2)17-13(19)12-7-16-15-18(14(12)20)4-5-22-15/h6-7,9H,4-5H2,1-3H3,(H,17,19). The van der Waals surface area contributed by atoms with Crippen molar-refractivity contribution in [1.82, 2.24) is 14.9 Å². The Bertz CT molecular complexity index is 794. The lowest BCUT2D eigenvalue weighted by Gasteiger charge is -2.13. The van der Waals surface area contributed by atoms with Crippen LogP contribution in [0.2, 0.25) is 0 Å². The van der Waals surface area contributed by atoms with Crippen LogP contribution in [0, 0.1) is 13.8 Å². The topological polar surface area (TPSA) is 77.1 Å². The molecular weight excluding hydrogens is 302 g/mol. The number of aromatic nitrogens is 2. The lowest BCUT2D eigenvalue weighted by molar-refractivity contribution is 0.0937. The number of carbonyl (C=O) groups is 1.